The number of nitrogens with two attached hydrogens (primary N) is 1. The molecule has 2 heterocycles. The fourth-order valence-corrected chi connectivity index (χ4v) is 1.26. The molecule has 0 atom stereocenters. The molecule has 0 saturated carbocycles. The maximum absolute atomic E-state index is 5.50. The topological polar surface area (TPSA) is 52.0 Å². The van der Waals surface area contributed by atoms with Crippen LogP contribution in [0.5, 0.6) is 0 Å². The largest absolute Gasteiger partial charge is 0.464 e. The van der Waals surface area contributed by atoms with E-state index in [0.29, 0.717) is 5.82 Å². The fourth-order valence-electron chi connectivity index (χ4n) is 1.26. The predicted octanol–water partition coefficient (Wildman–Crippen LogP) is 1.97. The summed E-state index contributed by atoms with van der Waals surface area (Å²) in [6, 6.07) is 1.74. The van der Waals surface area contributed by atoms with Crippen LogP contribution in [0.1, 0.15) is 12.5 Å². The molecule has 2 aromatic rings. The zero-order valence-corrected chi connectivity index (χ0v) is 6.87. The van der Waals surface area contributed by atoms with E-state index in [4.69, 9.17) is 10.2 Å². The van der Waals surface area contributed by atoms with Crippen LogP contribution in [0.25, 0.3) is 11.0 Å². The number of nitrogen functional groups attached to an aromatic ring is 1. The molecule has 3 heteroatoms. The quantitative estimate of drug-likeness (QED) is 0.697. The number of aromatic nitrogens is 1. The SMILES string of the molecule is CCc1coc2cc(N)ncc12. The van der Waals surface area contributed by atoms with Crippen molar-refractivity contribution in [2.45, 2.75) is 13.3 Å². The standard InChI is InChI=1S/C9H10N2O/c1-2-6-5-12-8-3-9(10)11-4-7(6)8/h3-5H,2H2,1H3,(H2,10,11). The molecule has 0 fully saturated rings. The zero-order chi connectivity index (χ0) is 8.55. The summed E-state index contributed by atoms with van der Waals surface area (Å²) in [5.41, 5.74) is 7.50. The van der Waals surface area contributed by atoms with Crippen LogP contribution in [-0.4, -0.2) is 4.98 Å². The van der Waals surface area contributed by atoms with Gasteiger partial charge in [0.15, 0.2) is 0 Å². The molecule has 2 rings (SSSR count). The molecule has 0 aliphatic carbocycles. The summed E-state index contributed by atoms with van der Waals surface area (Å²) in [6.45, 7) is 2.08. The van der Waals surface area contributed by atoms with Gasteiger partial charge in [0.1, 0.15) is 11.4 Å². The third-order valence-electron chi connectivity index (χ3n) is 1.94. The maximum atomic E-state index is 5.50. The summed E-state index contributed by atoms with van der Waals surface area (Å²) in [4.78, 5) is 4.01. The van der Waals surface area contributed by atoms with E-state index < -0.39 is 0 Å². The molecule has 3 nitrogen and oxygen atoms in total. The van der Waals surface area contributed by atoms with E-state index in [2.05, 4.69) is 11.9 Å². The second-order valence-electron chi connectivity index (χ2n) is 2.72. The minimum atomic E-state index is 0.500. The molecular formula is C9H10N2O. The molecule has 0 saturated heterocycles. The monoisotopic (exact) mass is 162 g/mol. The van der Waals surface area contributed by atoms with Crippen LogP contribution in [0.3, 0.4) is 0 Å². The smallest absolute Gasteiger partial charge is 0.139 e. The lowest BCUT2D eigenvalue weighted by Crippen LogP contribution is -1.87. The molecule has 0 amide bonds. The van der Waals surface area contributed by atoms with Crippen molar-refractivity contribution in [2.75, 3.05) is 5.73 Å². The van der Waals surface area contributed by atoms with Crippen LogP contribution >= 0.6 is 0 Å². The van der Waals surface area contributed by atoms with Gasteiger partial charge in [0.25, 0.3) is 0 Å². The van der Waals surface area contributed by atoms with E-state index in [0.717, 1.165) is 17.4 Å². The first-order chi connectivity index (χ1) is 5.81. The van der Waals surface area contributed by atoms with Crippen molar-refractivity contribution in [3.8, 4) is 0 Å². The Kier molecular flexibility index (Phi) is 1.50. The molecule has 12 heavy (non-hydrogen) atoms. The summed E-state index contributed by atoms with van der Waals surface area (Å²) in [7, 11) is 0. The minimum absolute atomic E-state index is 0.500. The average Bonchev–Trinajstić information content (AvgIpc) is 2.46. The second-order valence-corrected chi connectivity index (χ2v) is 2.72. The van der Waals surface area contributed by atoms with Gasteiger partial charge in [-0.05, 0) is 12.0 Å². The molecule has 0 bridgehead atoms. The van der Waals surface area contributed by atoms with Crippen molar-refractivity contribution in [3.63, 3.8) is 0 Å². The van der Waals surface area contributed by atoms with Gasteiger partial charge in [-0.25, -0.2) is 4.98 Å². The van der Waals surface area contributed by atoms with Gasteiger partial charge < -0.3 is 10.2 Å². The lowest BCUT2D eigenvalue weighted by Gasteiger charge is -1.92. The Morgan fingerprint density at radius 3 is 3.17 bits per heavy atom. The van der Waals surface area contributed by atoms with Gasteiger partial charge in [-0.3, -0.25) is 0 Å². The van der Waals surface area contributed by atoms with Crippen molar-refractivity contribution < 1.29 is 4.42 Å². The Hall–Kier alpha value is -1.51. The third-order valence-corrected chi connectivity index (χ3v) is 1.94. The summed E-state index contributed by atoms with van der Waals surface area (Å²) in [5, 5.41) is 1.06. The van der Waals surface area contributed by atoms with Gasteiger partial charge in [-0.2, -0.15) is 0 Å². The van der Waals surface area contributed by atoms with Crippen LogP contribution < -0.4 is 5.73 Å². The number of furan rings is 1. The first-order valence-electron chi connectivity index (χ1n) is 3.93. The Morgan fingerprint density at radius 2 is 2.42 bits per heavy atom. The Bertz CT molecular complexity index is 406. The molecular weight excluding hydrogens is 152 g/mol. The number of pyridine rings is 1. The van der Waals surface area contributed by atoms with E-state index in [1.165, 1.54) is 5.56 Å². The first-order valence-corrected chi connectivity index (χ1v) is 3.93. The summed E-state index contributed by atoms with van der Waals surface area (Å²) < 4.78 is 5.30. The van der Waals surface area contributed by atoms with Crippen molar-refractivity contribution in [3.05, 3.63) is 24.1 Å². The number of rotatable bonds is 1. The predicted molar refractivity (Wildman–Crippen MR) is 47.8 cm³/mol. The lowest BCUT2D eigenvalue weighted by atomic mass is 10.2. The zero-order valence-electron chi connectivity index (χ0n) is 6.87. The lowest BCUT2D eigenvalue weighted by molar-refractivity contribution is 0.611. The van der Waals surface area contributed by atoms with Crippen LogP contribution in [0.2, 0.25) is 0 Å². The number of fused-ring (bicyclic) bond motifs is 1. The van der Waals surface area contributed by atoms with Gasteiger partial charge in [0, 0.05) is 17.6 Å². The number of hydrogen-bond donors (Lipinski definition) is 1. The highest BCUT2D eigenvalue weighted by Gasteiger charge is 2.03. The molecule has 0 aliphatic heterocycles. The van der Waals surface area contributed by atoms with Crippen LogP contribution in [0.15, 0.2) is 22.9 Å². The second kappa shape index (κ2) is 2.52. The van der Waals surface area contributed by atoms with Crippen LogP contribution in [-0.2, 0) is 6.42 Å². The van der Waals surface area contributed by atoms with Gasteiger partial charge >= 0.3 is 0 Å². The molecule has 0 radical (unpaired) electrons. The van der Waals surface area contributed by atoms with Crippen molar-refractivity contribution in [1.29, 1.82) is 0 Å². The molecule has 2 aromatic heterocycles. The van der Waals surface area contributed by atoms with Crippen molar-refractivity contribution >= 4 is 16.8 Å². The van der Waals surface area contributed by atoms with Gasteiger partial charge in [0.2, 0.25) is 0 Å². The fraction of sp³-hybridized carbons (Fsp3) is 0.222. The minimum Gasteiger partial charge on any atom is -0.464 e. The van der Waals surface area contributed by atoms with Crippen molar-refractivity contribution in [1.82, 2.24) is 4.98 Å². The number of nitrogens with zero attached hydrogens (tertiary/aromatic N) is 1. The van der Waals surface area contributed by atoms with Gasteiger partial charge in [-0.1, -0.05) is 6.92 Å². The van der Waals surface area contributed by atoms with Gasteiger partial charge in [-0.15, -0.1) is 0 Å². The normalized spacial score (nSPS) is 10.8. The molecule has 0 spiro atoms. The summed E-state index contributed by atoms with van der Waals surface area (Å²) in [6.07, 6.45) is 4.47. The molecule has 0 unspecified atom stereocenters. The molecule has 2 N–H and O–H groups in total. The molecule has 62 valence electrons. The molecule has 0 aliphatic rings. The van der Waals surface area contributed by atoms with Crippen LogP contribution in [0, 0.1) is 0 Å². The van der Waals surface area contributed by atoms with E-state index in [1.54, 1.807) is 18.5 Å². The average molecular weight is 162 g/mol. The third kappa shape index (κ3) is 0.942. The van der Waals surface area contributed by atoms with E-state index in [-0.39, 0.29) is 0 Å². The maximum Gasteiger partial charge on any atom is 0.139 e. The van der Waals surface area contributed by atoms with Gasteiger partial charge in [0.05, 0.1) is 6.26 Å². The molecule has 0 aromatic carbocycles. The Morgan fingerprint density at radius 1 is 1.58 bits per heavy atom. The Balaban J connectivity index is 2.73. The Labute approximate surface area is 70.2 Å². The summed E-state index contributed by atoms with van der Waals surface area (Å²) >= 11 is 0. The van der Waals surface area contributed by atoms with Crippen LogP contribution in [0.4, 0.5) is 5.82 Å². The summed E-state index contributed by atoms with van der Waals surface area (Å²) in [5.74, 6) is 0.500. The van der Waals surface area contributed by atoms with E-state index >= 15 is 0 Å². The number of anilines is 1. The highest BCUT2D eigenvalue weighted by molar-refractivity contribution is 5.81. The van der Waals surface area contributed by atoms with E-state index in [1.807, 2.05) is 0 Å². The number of aryl methyl sites for hydroxylation is 1. The first kappa shape index (κ1) is 7.16. The number of hydrogen-bond acceptors (Lipinski definition) is 3. The van der Waals surface area contributed by atoms with Crippen molar-refractivity contribution in [2.24, 2.45) is 0 Å². The highest BCUT2D eigenvalue weighted by atomic mass is 16.3. The highest BCUT2D eigenvalue weighted by Crippen LogP contribution is 2.21. The van der Waals surface area contributed by atoms with E-state index in [9.17, 15) is 0 Å².